The standard InChI is InChI=1S/C17H23N3O2/c1-20(12-13-6-4-5-11-22-13)10-9-16-18-15-8-3-2-7-14(15)17(21)19-16/h2-3,7-8,13H,4-6,9-12H2,1H3,(H,18,19,21). The summed E-state index contributed by atoms with van der Waals surface area (Å²) in [5.74, 6) is 0.750. The van der Waals surface area contributed by atoms with Gasteiger partial charge in [0.2, 0.25) is 0 Å². The van der Waals surface area contributed by atoms with Gasteiger partial charge in [-0.2, -0.15) is 0 Å². The maximum absolute atomic E-state index is 12.0. The molecule has 5 nitrogen and oxygen atoms in total. The first-order valence-corrected chi connectivity index (χ1v) is 8.00. The molecule has 2 heterocycles. The first-order valence-electron chi connectivity index (χ1n) is 8.00. The van der Waals surface area contributed by atoms with Crippen LogP contribution < -0.4 is 5.56 Å². The molecular weight excluding hydrogens is 278 g/mol. The topological polar surface area (TPSA) is 58.2 Å². The Balaban J connectivity index is 1.60. The van der Waals surface area contributed by atoms with E-state index in [4.69, 9.17) is 4.74 Å². The van der Waals surface area contributed by atoms with Crippen molar-refractivity contribution >= 4 is 10.9 Å². The number of H-pyrrole nitrogens is 1. The second-order valence-electron chi connectivity index (χ2n) is 6.03. The number of nitrogens with one attached hydrogen (secondary N) is 1. The van der Waals surface area contributed by atoms with Gasteiger partial charge in [0, 0.05) is 26.1 Å². The van der Waals surface area contributed by atoms with Gasteiger partial charge in [-0.3, -0.25) is 4.79 Å². The summed E-state index contributed by atoms with van der Waals surface area (Å²) in [6, 6.07) is 7.45. The lowest BCUT2D eigenvalue weighted by atomic mass is 10.1. The average Bonchev–Trinajstić information content (AvgIpc) is 2.54. The third-order valence-electron chi connectivity index (χ3n) is 4.18. The molecule has 0 amide bonds. The molecule has 0 saturated carbocycles. The number of aromatic amines is 1. The first kappa shape index (κ1) is 15.2. The van der Waals surface area contributed by atoms with Gasteiger partial charge in [0.15, 0.2) is 0 Å². The van der Waals surface area contributed by atoms with Crippen LogP contribution in [0.2, 0.25) is 0 Å². The van der Waals surface area contributed by atoms with Crippen molar-refractivity contribution < 1.29 is 4.74 Å². The Labute approximate surface area is 130 Å². The summed E-state index contributed by atoms with van der Waals surface area (Å²) in [7, 11) is 2.09. The van der Waals surface area contributed by atoms with Gasteiger partial charge in [-0.1, -0.05) is 12.1 Å². The number of rotatable bonds is 5. The zero-order valence-electron chi connectivity index (χ0n) is 13.0. The van der Waals surface area contributed by atoms with E-state index in [0.29, 0.717) is 11.5 Å². The number of ether oxygens (including phenoxy) is 1. The maximum Gasteiger partial charge on any atom is 0.258 e. The van der Waals surface area contributed by atoms with Crippen LogP contribution in [0.1, 0.15) is 25.1 Å². The largest absolute Gasteiger partial charge is 0.377 e. The van der Waals surface area contributed by atoms with Crippen LogP contribution in [0.25, 0.3) is 10.9 Å². The average molecular weight is 301 g/mol. The molecule has 1 aliphatic rings. The molecule has 0 aliphatic carbocycles. The molecule has 0 radical (unpaired) electrons. The molecule has 0 bridgehead atoms. The van der Waals surface area contributed by atoms with Crippen molar-refractivity contribution in [3.05, 3.63) is 40.4 Å². The van der Waals surface area contributed by atoms with Crippen molar-refractivity contribution in [3.63, 3.8) is 0 Å². The highest BCUT2D eigenvalue weighted by Crippen LogP contribution is 2.13. The molecule has 1 aliphatic heterocycles. The number of para-hydroxylation sites is 1. The molecule has 2 aromatic rings. The summed E-state index contributed by atoms with van der Waals surface area (Å²) < 4.78 is 5.76. The summed E-state index contributed by atoms with van der Waals surface area (Å²) in [5, 5.41) is 0.648. The van der Waals surface area contributed by atoms with E-state index in [2.05, 4.69) is 21.9 Å². The zero-order valence-corrected chi connectivity index (χ0v) is 13.0. The highest BCUT2D eigenvalue weighted by molar-refractivity contribution is 5.77. The molecule has 0 spiro atoms. The Kier molecular flexibility index (Phi) is 4.85. The molecule has 22 heavy (non-hydrogen) atoms. The summed E-state index contributed by atoms with van der Waals surface area (Å²) in [5.41, 5.74) is 0.707. The molecule has 1 aromatic heterocycles. The second kappa shape index (κ2) is 7.03. The first-order chi connectivity index (χ1) is 10.7. The van der Waals surface area contributed by atoms with E-state index >= 15 is 0 Å². The fourth-order valence-electron chi connectivity index (χ4n) is 2.94. The van der Waals surface area contributed by atoms with E-state index in [0.717, 1.165) is 43.9 Å². The normalized spacial score (nSPS) is 18.9. The van der Waals surface area contributed by atoms with Gasteiger partial charge >= 0.3 is 0 Å². The Morgan fingerprint density at radius 3 is 3.05 bits per heavy atom. The highest BCUT2D eigenvalue weighted by Gasteiger charge is 2.15. The highest BCUT2D eigenvalue weighted by atomic mass is 16.5. The second-order valence-corrected chi connectivity index (χ2v) is 6.03. The maximum atomic E-state index is 12.0. The van der Waals surface area contributed by atoms with Gasteiger partial charge in [-0.05, 0) is 38.4 Å². The molecule has 5 heteroatoms. The predicted molar refractivity (Wildman–Crippen MR) is 87.2 cm³/mol. The molecule has 1 saturated heterocycles. The van der Waals surface area contributed by atoms with E-state index in [9.17, 15) is 4.79 Å². The van der Waals surface area contributed by atoms with Gasteiger partial charge in [0.25, 0.3) is 5.56 Å². The van der Waals surface area contributed by atoms with Crippen LogP contribution >= 0.6 is 0 Å². The number of fused-ring (bicyclic) bond motifs is 1. The summed E-state index contributed by atoms with van der Waals surface area (Å²) in [4.78, 5) is 21.7. The van der Waals surface area contributed by atoms with Gasteiger partial charge in [-0.15, -0.1) is 0 Å². The Bertz CT molecular complexity index is 677. The van der Waals surface area contributed by atoms with E-state index in [-0.39, 0.29) is 5.56 Å². The molecular formula is C17H23N3O2. The van der Waals surface area contributed by atoms with Crippen molar-refractivity contribution in [3.8, 4) is 0 Å². The predicted octanol–water partition coefficient (Wildman–Crippen LogP) is 1.97. The van der Waals surface area contributed by atoms with Crippen LogP contribution in [0.4, 0.5) is 0 Å². The van der Waals surface area contributed by atoms with Gasteiger partial charge < -0.3 is 14.6 Å². The lowest BCUT2D eigenvalue weighted by Gasteiger charge is -2.27. The molecule has 118 valence electrons. The van der Waals surface area contributed by atoms with Crippen molar-refractivity contribution in [2.45, 2.75) is 31.8 Å². The van der Waals surface area contributed by atoms with Crippen molar-refractivity contribution in [1.82, 2.24) is 14.9 Å². The van der Waals surface area contributed by atoms with Crippen molar-refractivity contribution in [1.29, 1.82) is 0 Å². The molecule has 1 unspecified atom stereocenters. The zero-order chi connectivity index (χ0) is 15.4. The van der Waals surface area contributed by atoms with Crippen LogP contribution in [0.15, 0.2) is 29.1 Å². The van der Waals surface area contributed by atoms with Gasteiger partial charge in [0.05, 0.1) is 17.0 Å². The van der Waals surface area contributed by atoms with Crippen LogP contribution in [0.5, 0.6) is 0 Å². The lowest BCUT2D eigenvalue weighted by Crippen LogP contribution is -2.34. The van der Waals surface area contributed by atoms with Gasteiger partial charge in [0.1, 0.15) is 5.82 Å². The summed E-state index contributed by atoms with van der Waals surface area (Å²) in [6.07, 6.45) is 4.68. The number of aromatic nitrogens is 2. The summed E-state index contributed by atoms with van der Waals surface area (Å²) >= 11 is 0. The van der Waals surface area contributed by atoms with Crippen LogP contribution in [0, 0.1) is 0 Å². The Morgan fingerprint density at radius 1 is 1.36 bits per heavy atom. The number of hydrogen-bond acceptors (Lipinski definition) is 4. The third-order valence-corrected chi connectivity index (χ3v) is 4.18. The lowest BCUT2D eigenvalue weighted by molar-refractivity contribution is -0.00131. The fourth-order valence-corrected chi connectivity index (χ4v) is 2.94. The number of hydrogen-bond donors (Lipinski definition) is 1. The van der Waals surface area contributed by atoms with E-state index < -0.39 is 0 Å². The smallest absolute Gasteiger partial charge is 0.258 e. The Hall–Kier alpha value is -1.72. The summed E-state index contributed by atoms with van der Waals surface area (Å²) in [6.45, 7) is 2.69. The van der Waals surface area contributed by atoms with Crippen LogP contribution in [0.3, 0.4) is 0 Å². The quantitative estimate of drug-likeness (QED) is 0.917. The Morgan fingerprint density at radius 2 is 2.23 bits per heavy atom. The minimum Gasteiger partial charge on any atom is -0.377 e. The van der Waals surface area contributed by atoms with Crippen LogP contribution in [-0.4, -0.2) is 47.7 Å². The molecule has 1 aromatic carbocycles. The van der Waals surface area contributed by atoms with Crippen LogP contribution in [-0.2, 0) is 11.2 Å². The molecule has 1 fully saturated rings. The third kappa shape index (κ3) is 3.72. The monoisotopic (exact) mass is 301 g/mol. The minimum atomic E-state index is -0.0566. The number of nitrogens with zero attached hydrogens (tertiary/aromatic N) is 2. The van der Waals surface area contributed by atoms with E-state index in [1.165, 1.54) is 12.8 Å². The number of likely N-dealkylation sites (N-methyl/N-ethyl adjacent to an activating group) is 1. The SMILES string of the molecule is CN(CCc1nc2ccccc2c(=O)[nH]1)CC1CCCCO1. The molecule has 3 rings (SSSR count). The minimum absolute atomic E-state index is 0.0566. The number of benzene rings is 1. The van der Waals surface area contributed by atoms with Crippen molar-refractivity contribution in [2.24, 2.45) is 0 Å². The van der Waals surface area contributed by atoms with Gasteiger partial charge in [-0.25, -0.2) is 4.98 Å². The molecule has 1 N–H and O–H groups in total. The van der Waals surface area contributed by atoms with E-state index in [1.807, 2.05) is 18.2 Å². The molecule has 1 atom stereocenters. The van der Waals surface area contributed by atoms with E-state index in [1.54, 1.807) is 6.07 Å². The van der Waals surface area contributed by atoms with Crippen molar-refractivity contribution in [2.75, 3.05) is 26.7 Å². The fraction of sp³-hybridized carbons (Fsp3) is 0.529.